The highest BCUT2D eigenvalue weighted by atomic mass is 19.4. The number of alkyl halides is 3. The number of amides is 1. The van der Waals surface area contributed by atoms with E-state index in [1.54, 1.807) is 35.2 Å². The summed E-state index contributed by atoms with van der Waals surface area (Å²) in [5.74, 6) is -5.93. The van der Waals surface area contributed by atoms with Gasteiger partial charge in [0.1, 0.15) is 6.04 Å². The quantitative estimate of drug-likeness (QED) is 0.311. The van der Waals surface area contributed by atoms with E-state index in [9.17, 15) is 27.6 Å². The molecule has 0 spiro atoms. The Morgan fingerprint density at radius 3 is 2.40 bits per heavy atom. The normalized spacial score (nSPS) is 22.6. The predicted molar refractivity (Wildman–Crippen MR) is 150 cm³/mol. The smallest absolute Gasteiger partial charge is 0.420 e. The van der Waals surface area contributed by atoms with E-state index in [1.807, 2.05) is 30.3 Å². The number of ether oxygens (including phenoxy) is 2. The van der Waals surface area contributed by atoms with E-state index in [-0.39, 0.29) is 30.5 Å². The molecule has 5 rings (SSSR count). The van der Waals surface area contributed by atoms with Gasteiger partial charge in [0.05, 0.1) is 12.0 Å². The highest BCUT2D eigenvalue weighted by Crippen LogP contribution is 2.45. The van der Waals surface area contributed by atoms with E-state index < -0.39 is 29.9 Å². The van der Waals surface area contributed by atoms with Crippen LogP contribution in [0.3, 0.4) is 0 Å². The molecule has 1 unspecified atom stereocenters. The second kappa shape index (κ2) is 12.6. The van der Waals surface area contributed by atoms with Gasteiger partial charge in [-0.3, -0.25) is 9.59 Å². The van der Waals surface area contributed by atoms with Crippen molar-refractivity contribution in [2.24, 2.45) is 0 Å². The first kappa shape index (κ1) is 30.3. The van der Waals surface area contributed by atoms with Crippen LogP contribution in [0.15, 0.2) is 67.0 Å². The SMILES string of the molecule is CC(=O)OC1(OC(=O)C(F)(F)F)CCCC[C@@H]1n1cnc(C(=O)N2CCNC[C@H]2Cc2ccccc2)c1-c1ccccc1. The van der Waals surface area contributed by atoms with Gasteiger partial charge in [-0.05, 0) is 24.8 Å². The monoisotopic (exact) mass is 598 g/mol. The van der Waals surface area contributed by atoms with Crippen molar-refractivity contribution in [2.75, 3.05) is 19.6 Å². The average molecular weight is 599 g/mol. The van der Waals surface area contributed by atoms with E-state index in [2.05, 4.69) is 10.3 Å². The van der Waals surface area contributed by atoms with Crippen molar-refractivity contribution < 1.29 is 37.0 Å². The van der Waals surface area contributed by atoms with Gasteiger partial charge in [0.25, 0.3) is 11.7 Å². The molecule has 3 atom stereocenters. The van der Waals surface area contributed by atoms with Crippen LogP contribution in [-0.4, -0.2) is 69.9 Å². The number of piperazine rings is 1. The Kier molecular flexibility index (Phi) is 8.86. The first-order valence-electron chi connectivity index (χ1n) is 14.3. The molecule has 1 amide bonds. The van der Waals surface area contributed by atoms with Crippen molar-refractivity contribution >= 4 is 17.8 Å². The van der Waals surface area contributed by atoms with E-state index in [0.717, 1.165) is 12.5 Å². The molecule has 1 N–H and O–H groups in total. The molecular formula is C31H33F3N4O5. The van der Waals surface area contributed by atoms with Gasteiger partial charge in [0, 0.05) is 44.6 Å². The molecule has 228 valence electrons. The van der Waals surface area contributed by atoms with Crippen LogP contribution in [0.4, 0.5) is 13.2 Å². The molecule has 1 aliphatic heterocycles. The first-order valence-corrected chi connectivity index (χ1v) is 14.3. The van der Waals surface area contributed by atoms with Crippen LogP contribution in [0.5, 0.6) is 0 Å². The van der Waals surface area contributed by atoms with E-state index in [0.29, 0.717) is 50.2 Å². The lowest BCUT2D eigenvalue weighted by Crippen LogP contribution is -2.54. The van der Waals surface area contributed by atoms with Gasteiger partial charge >= 0.3 is 18.1 Å². The summed E-state index contributed by atoms with van der Waals surface area (Å²) in [5, 5.41) is 3.35. The van der Waals surface area contributed by atoms with Crippen molar-refractivity contribution in [1.29, 1.82) is 0 Å². The van der Waals surface area contributed by atoms with Crippen molar-refractivity contribution in [3.8, 4) is 11.3 Å². The molecule has 2 aliphatic rings. The minimum Gasteiger partial charge on any atom is -0.420 e. The fraction of sp³-hybridized carbons (Fsp3) is 0.419. The third kappa shape index (κ3) is 6.58. The Morgan fingerprint density at radius 1 is 1.02 bits per heavy atom. The highest BCUT2D eigenvalue weighted by Gasteiger charge is 2.54. The van der Waals surface area contributed by atoms with E-state index in [4.69, 9.17) is 9.47 Å². The number of nitrogens with zero attached hydrogens (tertiary/aromatic N) is 3. The summed E-state index contributed by atoms with van der Waals surface area (Å²) in [6.07, 6.45) is -2.34. The zero-order valence-electron chi connectivity index (χ0n) is 23.7. The highest BCUT2D eigenvalue weighted by molar-refractivity contribution is 5.98. The Morgan fingerprint density at radius 2 is 1.72 bits per heavy atom. The van der Waals surface area contributed by atoms with Gasteiger partial charge in [0.15, 0.2) is 5.69 Å². The third-order valence-electron chi connectivity index (χ3n) is 7.88. The Labute approximate surface area is 247 Å². The molecule has 12 heteroatoms. The van der Waals surface area contributed by atoms with Crippen LogP contribution in [0, 0.1) is 0 Å². The lowest BCUT2D eigenvalue weighted by molar-refractivity contribution is -0.275. The first-order chi connectivity index (χ1) is 20.6. The number of carbonyl (C=O) groups is 3. The largest absolute Gasteiger partial charge is 0.491 e. The number of halogens is 3. The van der Waals surface area contributed by atoms with Gasteiger partial charge in [0.2, 0.25) is 0 Å². The number of aromatic nitrogens is 2. The predicted octanol–water partition coefficient (Wildman–Crippen LogP) is 4.69. The van der Waals surface area contributed by atoms with Crippen LogP contribution in [0.1, 0.15) is 54.7 Å². The van der Waals surface area contributed by atoms with Crippen LogP contribution in [-0.2, 0) is 25.5 Å². The number of esters is 2. The summed E-state index contributed by atoms with van der Waals surface area (Å²) < 4.78 is 52.2. The van der Waals surface area contributed by atoms with Gasteiger partial charge in [-0.25, -0.2) is 9.78 Å². The lowest BCUT2D eigenvalue weighted by Gasteiger charge is -2.43. The van der Waals surface area contributed by atoms with Crippen molar-refractivity contribution in [3.63, 3.8) is 0 Å². The van der Waals surface area contributed by atoms with E-state index in [1.165, 1.54) is 10.9 Å². The maximum Gasteiger partial charge on any atom is 0.491 e. The summed E-state index contributed by atoms with van der Waals surface area (Å²) >= 11 is 0. The number of imidazole rings is 1. The Bertz CT molecular complexity index is 1450. The lowest BCUT2D eigenvalue weighted by atomic mass is 9.87. The van der Waals surface area contributed by atoms with Gasteiger partial charge in [-0.2, -0.15) is 13.2 Å². The molecule has 9 nitrogen and oxygen atoms in total. The summed E-state index contributed by atoms with van der Waals surface area (Å²) in [5.41, 5.74) is 2.11. The van der Waals surface area contributed by atoms with Crippen molar-refractivity contribution in [2.45, 2.75) is 63.1 Å². The van der Waals surface area contributed by atoms with Gasteiger partial charge in [-0.15, -0.1) is 0 Å². The average Bonchev–Trinajstić information content (AvgIpc) is 3.42. The van der Waals surface area contributed by atoms with Crippen LogP contribution >= 0.6 is 0 Å². The fourth-order valence-electron chi connectivity index (χ4n) is 6.03. The van der Waals surface area contributed by atoms with Crippen molar-refractivity contribution in [1.82, 2.24) is 19.8 Å². The van der Waals surface area contributed by atoms with Gasteiger partial charge in [-0.1, -0.05) is 67.1 Å². The maximum absolute atomic E-state index is 14.2. The molecule has 0 bridgehead atoms. The Hall–Kier alpha value is -4.19. The van der Waals surface area contributed by atoms with Gasteiger partial charge < -0.3 is 24.3 Å². The van der Waals surface area contributed by atoms with Crippen molar-refractivity contribution in [3.05, 3.63) is 78.2 Å². The number of carbonyl (C=O) groups excluding carboxylic acids is 3. The van der Waals surface area contributed by atoms with Crippen LogP contribution in [0.2, 0.25) is 0 Å². The second-order valence-corrected chi connectivity index (χ2v) is 10.8. The number of rotatable bonds is 7. The fourth-order valence-corrected chi connectivity index (χ4v) is 6.03. The number of hydrogen-bond donors (Lipinski definition) is 1. The molecular weight excluding hydrogens is 565 g/mol. The zero-order valence-corrected chi connectivity index (χ0v) is 23.7. The number of nitrogens with one attached hydrogen (secondary N) is 1. The molecule has 1 aromatic heterocycles. The summed E-state index contributed by atoms with van der Waals surface area (Å²) in [7, 11) is 0. The van der Waals surface area contributed by atoms with E-state index >= 15 is 0 Å². The molecule has 2 aromatic carbocycles. The number of benzene rings is 2. The molecule has 43 heavy (non-hydrogen) atoms. The zero-order chi connectivity index (χ0) is 30.6. The Balaban J connectivity index is 1.58. The summed E-state index contributed by atoms with van der Waals surface area (Å²) in [6, 6.07) is 17.5. The summed E-state index contributed by atoms with van der Waals surface area (Å²) in [6.45, 7) is 2.64. The third-order valence-corrected chi connectivity index (χ3v) is 7.88. The van der Waals surface area contributed by atoms with Crippen LogP contribution < -0.4 is 5.32 Å². The molecule has 3 aromatic rings. The van der Waals surface area contributed by atoms with Crippen LogP contribution in [0.25, 0.3) is 11.3 Å². The minimum atomic E-state index is -5.30. The topological polar surface area (TPSA) is 103 Å². The minimum absolute atomic E-state index is 0.107. The second-order valence-electron chi connectivity index (χ2n) is 10.8. The molecule has 2 fully saturated rings. The molecule has 2 heterocycles. The standard InChI is InChI=1S/C31H33F3N4O5/c1-21(39)42-30(43-29(41)31(32,33)34)15-9-8-14-25(30)38-20-36-26(27(38)23-12-6-3-7-13-23)28(40)37-17-16-35-19-24(37)18-22-10-4-2-5-11-22/h2-7,10-13,20,24-25,35H,8-9,14-19H2,1H3/t24-,25+,30?/m1/s1. The number of hydrogen-bond acceptors (Lipinski definition) is 7. The molecule has 1 saturated heterocycles. The molecule has 1 aliphatic carbocycles. The molecule has 0 radical (unpaired) electrons. The molecule has 1 saturated carbocycles. The maximum atomic E-state index is 14.2. The summed E-state index contributed by atoms with van der Waals surface area (Å²) in [4.78, 5) is 44.8.